The number of fused-ring (bicyclic) bond motifs is 1. The third kappa shape index (κ3) is 4.08. The zero-order chi connectivity index (χ0) is 22.1. The molecule has 0 amide bonds. The summed E-state index contributed by atoms with van der Waals surface area (Å²) in [6.45, 7) is 2.81. The summed E-state index contributed by atoms with van der Waals surface area (Å²) in [7, 11) is 0.781. The molecule has 8 nitrogen and oxygen atoms in total. The van der Waals surface area contributed by atoms with E-state index in [4.69, 9.17) is 19.7 Å². The quantitative estimate of drug-likeness (QED) is 0.478. The van der Waals surface area contributed by atoms with Crippen molar-refractivity contribution < 1.29 is 8.95 Å². The van der Waals surface area contributed by atoms with Crippen LogP contribution >= 0.6 is 11.3 Å². The second-order valence-corrected chi connectivity index (χ2v) is 9.66. The van der Waals surface area contributed by atoms with Crippen LogP contribution in [-0.4, -0.2) is 63.8 Å². The molecule has 5 rings (SSSR count). The molecule has 0 aliphatic carbocycles. The van der Waals surface area contributed by atoms with Gasteiger partial charge in [0.15, 0.2) is 11.6 Å². The fourth-order valence-electron chi connectivity index (χ4n) is 3.54. The zero-order valence-corrected chi connectivity index (χ0v) is 19.4. The van der Waals surface area contributed by atoms with Crippen LogP contribution < -0.4 is 10.2 Å². The zero-order valence-electron chi connectivity index (χ0n) is 17.7. The molecule has 1 aliphatic heterocycles. The third-order valence-electron chi connectivity index (χ3n) is 5.24. The number of rotatable bonds is 5. The normalized spacial score (nSPS) is 15.1. The first-order chi connectivity index (χ1) is 15.6. The van der Waals surface area contributed by atoms with Gasteiger partial charge in [0, 0.05) is 59.4 Å². The predicted octanol–water partition coefficient (Wildman–Crippen LogP) is 3.43. The van der Waals surface area contributed by atoms with Crippen LogP contribution in [0, 0.1) is 0 Å². The van der Waals surface area contributed by atoms with Gasteiger partial charge in [0.2, 0.25) is 0 Å². The molecule has 0 bridgehead atoms. The molecule has 3 aromatic heterocycles. The lowest BCUT2D eigenvalue weighted by Gasteiger charge is -2.28. The maximum atomic E-state index is 12.0. The van der Waals surface area contributed by atoms with Gasteiger partial charge in [-0.25, -0.2) is 19.9 Å². The summed E-state index contributed by atoms with van der Waals surface area (Å²) < 4.78 is 17.5. The van der Waals surface area contributed by atoms with Crippen LogP contribution in [0.1, 0.15) is 0 Å². The average molecular weight is 467 g/mol. The number of nitrogens with zero attached hydrogens (tertiary/aromatic N) is 5. The minimum absolute atomic E-state index is 0.618. The Kier molecular flexibility index (Phi) is 5.81. The number of morpholine rings is 1. The molecule has 0 saturated carbocycles. The van der Waals surface area contributed by atoms with Crippen molar-refractivity contribution in [1.29, 1.82) is 0 Å². The molecule has 1 saturated heterocycles. The molecular formula is C22H22N6O2S2. The topological polar surface area (TPSA) is 93.1 Å². The van der Waals surface area contributed by atoms with E-state index >= 15 is 0 Å². The molecule has 1 aliphatic rings. The lowest BCUT2D eigenvalue weighted by molar-refractivity contribution is 0.122. The predicted molar refractivity (Wildman–Crippen MR) is 129 cm³/mol. The van der Waals surface area contributed by atoms with E-state index < -0.39 is 10.8 Å². The Labute approximate surface area is 192 Å². The summed E-state index contributed by atoms with van der Waals surface area (Å²) in [6.07, 6.45) is 3.46. The summed E-state index contributed by atoms with van der Waals surface area (Å²) in [4.78, 5) is 22.8. The monoisotopic (exact) mass is 466 g/mol. The summed E-state index contributed by atoms with van der Waals surface area (Å²) in [5.74, 6) is 2.22. The van der Waals surface area contributed by atoms with Crippen molar-refractivity contribution in [3.05, 3.63) is 42.6 Å². The van der Waals surface area contributed by atoms with E-state index in [1.807, 2.05) is 43.4 Å². The Hall–Kier alpha value is -2.95. The summed E-state index contributed by atoms with van der Waals surface area (Å²) in [5.41, 5.74) is 2.55. The first-order valence-electron chi connectivity index (χ1n) is 10.2. The molecule has 4 aromatic rings. The highest BCUT2D eigenvalue weighted by molar-refractivity contribution is 7.84. The molecule has 164 valence electrons. The standard InChI is InChI=1S/C22H22N6O2S2/c1-23-17-7-6-15(13-24-17)19-26-20(28-8-10-30-11-9-28)18-22(27-19)31-21(25-18)14-4-3-5-16(12-14)32(2)29/h3-7,12-13H,8-11H2,1-2H3,(H,23,24). The highest BCUT2D eigenvalue weighted by Gasteiger charge is 2.22. The molecular weight excluding hydrogens is 444 g/mol. The molecule has 1 atom stereocenters. The summed E-state index contributed by atoms with van der Waals surface area (Å²) in [5, 5.41) is 3.86. The molecule has 4 heterocycles. The Bertz CT molecular complexity index is 1290. The van der Waals surface area contributed by atoms with Crippen LogP contribution in [0.4, 0.5) is 11.6 Å². The Morgan fingerprint density at radius 3 is 2.66 bits per heavy atom. The number of aromatic nitrogens is 4. The molecule has 0 spiro atoms. The Balaban J connectivity index is 1.65. The third-order valence-corrected chi connectivity index (χ3v) is 7.16. The van der Waals surface area contributed by atoms with E-state index in [1.54, 1.807) is 12.5 Å². The van der Waals surface area contributed by atoms with Crippen molar-refractivity contribution >= 4 is 44.1 Å². The van der Waals surface area contributed by atoms with E-state index in [2.05, 4.69) is 15.2 Å². The largest absolute Gasteiger partial charge is 0.378 e. The second-order valence-electron chi connectivity index (χ2n) is 7.31. The SMILES string of the molecule is CNc1ccc(-c2nc(N3CCOCC3)c3nc(-c4cccc(S(C)=O)c4)sc3n2)cn1. The first-order valence-corrected chi connectivity index (χ1v) is 12.6. The molecule has 10 heteroatoms. The lowest BCUT2D eigenvalue weighted by Crippen LogP contribution is -2.37. The van der Waals surface area contributed by atoms with Crippen molar-refractivity contribution in [3.63, 3.8) is 0 Å². The number of anilines is 2. The van der Waals surface area contributed by atoms with Crippen molar-refractivity contribution in [3.8, 4) is 22.0 Å². The number of benzene rings is 1. The average Bonchev–Trinajstić information content (AvgIpc) is 3.28. The fourth-order valence-corrected chi connectivity index (χ4v) is 5.03. The van der Waals surface area contributed by atoms with Crippen LogP contribution in [0.5, 0.6) is 0 Å². The summed E-state index contributed by atoms with van der Waals surface area (Å²) >= 11 is 1.51. The van der Waals surface area contributed by atoms with Gasteiger partial charge in [-0.1, -0.05) is 23.5 Å². The van der Waals surface area contributed by atoms with Gasteiger partial charge in [-0.15, -0.1) is 0 Å². The smallest absolute Gasteiger partial charge is 0.164 e. The molecule has 1 fully saturated rings. The number of nitrogens with one attached hydrogen (secondary N) is 1. The van der Waals surface area contributed by atoms with Crippen molar-refractivity contribution in [1.82, 2.24) is 19.9 Å². The molecule has 1 N–H and O–H groups in total. The Morgan fingerprint density at radius 1 is 1.09 bits per heavy atom. The van der Waals surface area contributed by atoms with Crippen LogP contribution in [-0.2, 0) is 15.5 Å². The second kappa shape index (κ2) is 8.89. The highest BCUT2D eigenvalue weighted by Crippen LogP contribution is 2.35. The van der Waals surface area contributed by atoms with Crippen LogP contribution in [0.3, 0.4) is 0 Å². The van der Waals surface area contributed by atoms with Crippen LogP contribution in [0.15, 0.2) is 47.5 Å². The molecule has 32 heavy (non-hydrogen) atoms. The van der Waals surface area contributed by atoms with Crippen molar-refractivity contribution in [2.75, 3.05) is 49.8 Å². The van der Waals surface area contributed by atoms with Crippen molar-refractivity contribution in [2.45, 2.75) is 4.90 Å². The molecule has 1 unspecified atom stereocenters. The first kappa shape index (κ1) is 20.9. The van der Waals surface area contributed by atoms with Gasteiger partial charge < -0.3 is 15.0 Å². The van der Waals surface area contributed by atoms with E-state index in [-0.39, 0.29) is 0 Å². The van der Waals surface area contributed by atoms with Crippen LogP contribution in [0.25, 0.3) is 32.3 Å². The van der Waals surface area contributed by atoms with Gasteiger partial charge in [-0.3, -0.25) is 4.21 Å². The maximum absolute atomic E-state index is 12.0. The van der Waals surface area contributed by atoms with Crippen LogP contribution in [0.2, 0.25) is 0 Å². The number of thiazole rings is 1. The number of hydrogen-bond donors (Lipinski definition) is 1. The minimum atomic E-state index is -1.06. The van der Waals surface area contributed by atoms with Crippen molar-refractivity contribution in [2.24, 2.45) is 0 Å². The van der Waals surface area contributed by atoms with E-state index in [0.717, 1.165) is 56.1 Å². The Morgan fingerprint density at radius 2 is 1.94 bits per heavy atom. The maximum Gasteiger partial charge on any atom is 0.164 e. The van der Waals surface area contributed by atoms with Gasteiger partial charge >= 0.3 is 0 Å². The van der Waals surface area contributed by atoms with Gasteiger partial charge in [0.25, 0.3) is 0 Å². The van der Waals surface area contributed by atoms with E-state index in [9.17, 15) is 4.21 Å². The molecule has 0 radical (unpaired) electrons. The fraction of sp³-hybridized carbons (Fsp3) is 0.273. The minimum Gasteiger partial charge on any atom is -0.378 e. The van der Waals surface area contributed by atoms with E-state index in [1.165, 1.54) is 11.3 Å². The number of ether oxygens (including phenoxy) is 1. The number of hydrogen-bond acceptors (Lipinski definition) is 9. The molecule has 1 aromatic carbocycles. The highest BCUT2D eigenvalue weighted by atomic mass is 32.2. The van der Waals surface area contributed by atoms with Gasteiger partial charge in [-0.2, -0.15) is 0 Å². The van der Waals surface area contributed by atoms with Gasteiger partial charge in [-0.05, 0) is 24.3 Å². The van der Waals surface area contributed by atoms with E-state index in [0.29, 0.717) is 19.0 Å². The summed E-state index contributed by atoms with van der Waals surface area (Å²) in [6, 6.07) is 11.6. The van der Waals surface area contributed by atoms with Gasteiger partial charge in [0.1, 0.15) is 21.2 Å². The van der Waals surface area contributed by atoms with Gasteiger partial charge in [0.05, 0.1) is 13.2 Å². The number of pyridine rings is 1. The lowest BCUT2D eigenvalue weighted by atomic mass is 10.2.